The number of aliphatic carboxylic acids is 1. The Morgan fingerprint density at radius 3 is 2.81 bits per heavy atom. The van der Waals surface area contributed by atoms with Gasteiger partial charge in [0.25, 0.3) is 0 Å². The van der Waals surface area contributed by atoms with Gasteiger partial charge in [-0.1, -0.05) is 18.2 Å². The van der Waals surface area contributed by atoms with Crippen LogP contribution in [-0.2, 0) is 11.3 Å². The number of hydrazone groups is 1. The van der Waals surface area contributed by atoms with Crippen LogP contribution in [0.15, 0.2) is 58.6 Å². The van der Waals surface area contributed by atoms with Crippen molar-refractivity contribution in [2.24, 2.45) is 15.9 Å². The van der Waals surface area contributed by atoms with E-state index in [4.69, 9.17) is 16.8 Å². The standard InChI is InChI=1S/C25H25N9O2/c26-13-16-5-3-6-17(11-16)19-12-20(32-25(27)31-19)21(33-28)15-29-14-18-7-4-9-23(30-18)34-10-2-1-8-22(34)24(35)36/h3-7,9,11-12,15,22H,1-2,8,10,14,28H2,(H,35,36)(H2,27,31,32). The van der Waals surface area contributed by atoms with Gasteiger partial charge >= 0.3 is 5.97 Å². The van der Waals surface area contributed by atoms with E-state index in [1.807, 2.05) is 29.2 Å². The smallest absolute Gasteiger partial charge is 0.326 e. The van der Waals surface area contributed by atoms with Gasteiger partial charge in [-0.25, -0.2) is 19.7 Å². The Kier molecular flexibility index (Phi) is 7.45. The van der Waals surface area contributed by atoms with E-state index in [0.717, 1.165) is 12.8 Å². The predicted octanol–water partition coefficient (Wildman–Crippen LogP) is 2.37. The van der Waals surface area contributed by atoms with Crippen molar-refractivity contribution in [3.8, 4) is 17.3 Å². The lowest BCUT2D eigenvalue weighted by molar-refractivity contribution is -0.139. The van der Waals surface area contributed by atoms with Crippen molar-refractivity contribution in [2.45, 2.75) is 31.8 Å². The number of carbonyl (C=O) groups is 1. The third-order valence-electron chi connectivity index (χ3n) is 5.77. The van der Waals surface area contributed by atoms with Gasteiger partial charge < -0.3 is 21.6 Å². The van der Waals surface area contributed by atoms with Gasteiger partial charge in [-0.3, -0.25) is 4.99 Å². The summed E-state index contributed by atoms with van der Waals surface area (Å²) in [5.41, 5.74) is 8.98. The van der Waals surface area contributed by atoms with E-state index in [1.165, 1.54) is 6.21 Å². The number of rotatable bonds is 7. The molecule has 1 unspecified atom stereocenters. The summed E-state index contributed by atoms with van der Waals surface area (Å²) in [5.74, 6) is 5.42. The molecular weight excluding hydrogens is 458 g/mol. The zero-order chi connectivity index (χ0) is 25.5. The zero-order valence-electron chi connectivity index (χ0n) is 19.4. The highest BCUT2D eigenvalue weighted by Crippen LogP contribution is 2.24. The van der Waals surface area contributed by atoms with Gasteiger partial charge in [0, 0.05) is 12.1 Å². The Morgan fingerprint density at radius 1 is 1.19 bits per heavy atom. The Morgan fingerprint density at radius 2 is 2.03 bits per heavy atom. The van der Waals surface area contributed by atoms with E-state index in [-0.39, 0.29) is 12.5 Å². The van der Waals surface area contributed by atoms with E-state index in [2.05, 4.69) is 31.1 Å². The van der Waals surface area contributed by atoms with Crippen molar-refractivity contribution >= 4 is 29.7 Å². The molecule has 0 spiro atoms. The van der Waals surface area contributed by atoms with Gasteiger partial charge in [0.05, 0.1) is 41.5 Å². The lowest BCUT2D eigenvalue weighted by atomic mass is 10.0. The molecule has 182 valence electrons. The van der Waals surface area contributed by atoms with Gasteiger partial charge in [-0.2, -0.15) is 10.4 Å². The Hall–Kier alpha value is -4.85. The quantitative estimate of drug-likeness (QED) is 0.258. The molecule has 0 amide bonds. The summed E-state index contributed by atoms with van der Waals surface area (Å²) in [6.45, 7) is 0.880. The lowest BCUT2D eigenvalue weighted by Gasteiger charge is -2.34. The van der Waals surface area contributed by atoms with Crippen molar-refractivity contribution < 1.29 is 9.90 Å². The normalized spacial score (nSPS) is 16.1. The van der Waals surface area contributed by atoms with Gasteiger partial charge in [0.2, 0.25) is 5.95 Å². The minimum atomic E-state index is -0.841. The topological polar surface area (TPSA) is 180 Å². The highest BCUT2D eigenvalue weighted by atomic mass is 16.4. The molecule has 3 aromatic rings. The van der Waals surface area contributed by atoms with E-state index in [1.54, 1.807) is 24.3 Å². The summed E-state index contributed by atoms with van der Waals surface area (Å²) in [6, 6.07) is 15.6. The fourth-order valence-corrected chi connectivity index (χ4v) is 4.06. The molecule has 0 aliphatic carbocycles. The number of anilines is 2. The van der Waals surface area contributed by atoms with Gasteiger partial charge in [0.15, 0.2) is 0 Å². The number of nitrogens with two attached hydrogens (primary N) is 2. The first-order chi connectivity index (χ1) is 17.5. The van der Waals surface area contributed by atoms with E-state index < -0.39 is 12.0 Å². The van der Waals surface area contributed by atoms with Crippen LogP contribution in [0.25, 0.3) is 11.3 Å². The summed E-state index contributed by atoms with van der Waals surface area (Å²) >= 11 is 0. The summed E-state index contributed by atoms with van der Waals surface area (Å²) in [4.78, 5) is 31.0. The first-order valence-electron chi connectivity index (χ1n) is 11.4. The predicted molar refractivity (Wildman–Crippen MR) is 136 cm³/mol. The maximum Gasteiger partial charge on any atom is 0.326 e. The molecule has 1 aromatic carbocycles. The Labute approximate surface area is 207 Å². The third-order valence-corrected chi connectivity index (χ3v) is 5.77. The average Bonchev–Trinajstić information content (AvgIpc) is 2.91. The van der Waals surface area contributed by atoms with E-state index >= 15 is 0 Å². The van der Waals surface area contributed by atoms with E-state index in [0.29, 0.717) is 52.7 Å². The molecule has 4 rings (SSSR count). The second-order valence-electron chi connectivity index (χ2n) is 8.20. The maximum atomic E-state index is 11.7. The number of carboxylic acids is 1. The third kappa shape index (κ3) is 5.61. The highest BCUT2D eigenvalue weighted by Gasteiger charge is 2.29. The number of aromatic nitrogens is 3. The number of benzene rings is 1. The van der Waals surface area contributed by atoms with Crippen LogP contribution in [0, 0.1) is 11.3 Å². The summed E-state index contributed by atoms with van der Waals surface area (Å²) in [6.07, 6.45) is 3.89. The molecule has 1 aliphatic heterocycles. The number of piperidine rings is 1. The molecule has 2 aromatic heterocycles. The van der Waals surface area contributed by atoms with Crippen LogP contribution < -0.4 is 16.5 Å². The number of hydrogen-bond donors (Lipinski definition) is 3. The molecule has 1 aliphatic rings. The fraction of sp³-hybridized carbons (Fsp3) is 0.240. The van der Waals surface area contributed by atoms with Crippen LogP contribution in [0.5, 0.6) is 0 Å². The minimum absolute atomic E-state index is 0.0308. The number of pyridine rings is 1. The molecule has 11 nitrogen and oxygen atoms in total. The van der Waals surface area contributed by atoms with Crippen LogP contribution in [0.1, 0.15) is 36.2 Å². The number of nitrogens with zero attached hydrogens (tertiary/aromatic N) is 7. The Balaban J connectivity index is 1.52. The number of nitriles is 1. The monoisotopic (exact) mass is 483 g/mol. The first-order valence-corrected chi connectivity index (χ1v) is 11.4. The number of carboxylic acid groups (broad SMARTS) is 1. The largest absolute Gasteiger partial charge is 0.480 e. The van der Waals surface area contributed by atoms with Crippen LogP contribution >= 0.6 is 0 Å². The van der Waals surface area contributed by atoms with Crippen LogP contribution in [0.2, 0.25) is 0 Å². The van der Waals surface area contributed by atoms with Crippen molar-refractivity contribution in [3.05, 3.63) is 65.5 Å². The zero-order valence-corrected chi connectivity index (χ0v) is 19.4. The summed E-state index contributed by atoms with van der Waals surface area (Å²) < 4.78 is 0. The highest BCUT2D eigenvalue weighted by molar-refractivity contribution is 6.37. The molecular formula is C25H25N9O2. The van der Waals surface area contributed by atoms with Crippen molar-refractivity contribution in [2.75, 3.05) is 17.2 Å². The molecule has 1 saturated heterocycles. The maximum absolute atomic E-state index is 11.7. The van der Waals surface area contributed by atoms with Crippen molar-refractivity contribution in [1.82, 2.24) is 15.0 Å². The molecule has 1 fully saturated rings. The molecule has 3 heterocycles. The van der Waals surface area contributed by atoms with Crippen LogP contribution in [-0.4, -0.2) is 50.5 Å². The molecule has 36 heavy (non-hydrogen) atoms. The van der Waals surface area contributed by atoms with E-state index in [9.17, 15) is 9.90 Å². The molecule has 1 atom stereocenters. The molecule has 0 radical (unpaired) electrons. The Bertz CT molecular complexity index is 1360. The van der Waals surface area contributed by atoms with Gasteiger partial charge in [-0.05, 0) is 49.6 Å². The van der Waals surface area contributed by atoms with Crippen LogP contribution in [0.3, 0.4) is 0 Å². The first kappa shape index (κ1) is 24.3. The number of hydrogen-bond acceptors (Lipinski definition) is 10. The van der Waals surface area contributed by atoms with Gasteiger partial charge in [0.1, 0.15) is 17.6 Å². The molecule has 0 saturated carbocycles. The molecule has 11 heteroatoms. The number of nitrogen functional groups attached to an aromatic ring is 1. The summed E-state index contributed by atoms with van der Waals surface area (Å²) in [5, 5.41) is 22.5. The van der Waals surface area contributed by atoms with Crippen molar-refractivity contribution in [3.63, 3.8) is 0 Å². The minimum Gasteiger partial charge on any atom is -0.480 e. The number of aliphatic imine (C=N–C) groups is 1. The lowest BCUT2D eigenvalue weighted by Crippen LogP contribution is -2.45. The molecule has 5 N–H and O–H groups in total. The summed E-state index contributed by atoms with van der Waals surface area (Å²) in [7, 11) is 0. The second-order valence-corrected chi connectivity index (χ2v) is 8.20. The SMILES string of the molecule is N#Cc1cccc(-c2cc(C(C=NCc3cccc(N4CCCCC4C(=O)O)n3)=NN)nc(N)n2)c1. The molecule has 0 bridgehead atoms. The van der Waals surface area contributed by atoms with Gasteiger partial charge in [-0.15, -0.1) is 0 Å². The second kappa shape index (κ2) is 11.1. The van der Waals surface area contributed by atoms with Crippen LogP contribution in [0.4, 0.5) is 11.8 Å². The van der Waals surface area contributed by atoms with Crippen molar-refractivity contribution in [1.29, 1.82) is 5.26 Å². The average molecular weight is 484 g/mol. The fourth-order valence-electron chi connectivity index (χ4n) is 4.06.